The Morgan fingerprint density at radius 3 is 2.34 bits per heavy atom. The first kappa shape index (κ1) is 20.0. The number of nitrogens with zero attached hydrogens (tertiary/aromatic N) is 5. The fraction of sp³-hybridized carbons (Fsp3) is 0.273. The van der Waals surface area contributed by atoms with Crippen molar-refractivity contribution >= 4 is 35.0 Å². The molecule has 0 unspecified atom stereocenters. The highest BCUT2D eigenvalue weighted by Crippen LogP contribution is 2.26. The van der Waals surface area contributed by atoms with Gasteiger partial charge in [0.15, 0.2) is 0 Å². The van der Waals surface area contributed by atoms with Crippen LogP contribution in [0.1, 0.15) is 11.3 Å². The van der Waals surface area contributed by atoms with Crippen molar-refractivity contribution in [1.29, 1.82) is 0 Å². The summed E-state index contributed by atoms with van der Waals surface area (Å²) in [7, 11) is 0. The average Bonchev–Trinajstić information content (AvgIpc) is 3.09. The number of pyridine rings is 1. The Kier molecular flexibility index (Phi) is 6.19. The van der Waals surface area contributed by atoms with Crippen LogP contribution >= 0.6 is 23.2 Å². The van der Waals surface area contributed by atoms with E-state index in [4.69, 9.17) is 23.2 Å². The Bertz CT molecular complexity index is 971. The summed E-state index contributed by atoms with van der Waals surface area (Å²) in [6.07, 6.45) is 9.84. The highest BCUT2D eigenvalue weighted by Gasteiger charge is 2.17. The van der Waals surface area contributed by atoms with E-state index in [0.717, 1.165) is 55.4 Å². The van der Waals surface area contributed by atoms with Crippen LogP contribution in [0.25, 0.3) is 11.8 Å². The number of hydrogen-bond donors (Lipinski definition) is 0. The van der Waals surface area contributed by atoms with Gasteiger partial charge < -0.3 is 4.90 Å². The first-order valence-electron chi connectivity index (χ1n) is 9.65. The molecule has 0 amide bonds. The number of aromatic nitrogens is 3. The molecule has 0 N–H and O–H groups in total. The summed E-state index contributed by atoms with van der Waals surface area (Å²) in [5.41, 5.74) is 4.37. The van der Waals surface area contributed by atoms with E-state index in [1.165, 1.54) is 0 Å². The monoisotopic (exact) mass is 427 g/mol. The van der Waals surface area contributed by atoms with Gasteiger partial charge in [0.05, 0.1) is 11.9 Å². The van der Waals surface area contributed by atoms with Gasteiger partial charge in [0.1, 0.15) is 0 Å². The minimum absolute atomic E-state index is 0.681. The van der Waals surface area contributed by atoms with E-state index < -0.39 is 0 Å². The van der Waals surface area contributed by atoms with E-state index in [0.29, 0.717) is 10.0 Å². The van der Waals surface area contributed by atoms with Gasteiger partial charge in [-0.15, -0.1) is 0 Å². The summed E-state index contributed by atoms with van der Waals surface area (Å²) in [6, 6.07) is 9.64. The van der Waals surface area contributed by atoms with Gasteiger partial charge in [-0.2, -0.15) is 5.10 Å². The Labute approximate surface area is 181 Å². The number of rotatable bonds is 5. The van der Waals surface area contributed by atoms with Crippen LogP contribution in [0, 0.1) is 6.92 Å². The first-order valence-corrected chi connectivity index (χ1v) is 10.4. The van der Waals surface area contributed by atoms with Crippen LogP contribution in [0.4, 0.5) is 5.69 Å². The van der Waals surface area contributed by atoms with Crippen LogP contribution in [0.2, 0.25) is 10.0 Å². The molecule has 1 aliphatic rings. The maximum atomic E-state index is 6.14. The zero-order valence-corrected chi connectivity index (χ0v) is 17.8. The van der Waals surface area contributed by atoms with Gasteiger partial charge in [0, 0.05) is 72.1 Å². The molecule has 1 aromatic carbocycles. The predicted octanol–water partition coefficient (Wildman–Crippen LogP) is 4.72. The number of anilines is 1. The van der Waals surface area contributed by atoms with Crippen LogP contribution in [0.5, 0.6) is 0 Å². The molecular formula is C22H23Cl2N5. The lowest BCUT2D eigenvalue weighted by molar-refractivity contribution is 0.284. The zero-order valence-electron chi connectivity index (χ0n) is 16.3. The molecule has 0 aliphatic carbocycles. The Morgan fingerprint density at radius 1 is 0.966 bits per heavy atom. The first-order chi connectivity index (χ1) is 14.1. The topological polar surface area (TPSA) is 37.2 Å². The van der Waals surface area contributed by atoms with E-state index in [-0.39, 0.29) is 0 Å². The minimum atomic E-state index is 0.681. The molecule has 1 aliphatic heterocycles. The molecule has 0 saturated carbocycles. The second kappa shape index (κ2) is 8.99. The summed E-state index contributed by atoms with van der Waals surface area (Å²) in [4.78, 5) is 8.85. The Hall–Kier alpha value is -2.34. The summed E-state index contributed by atoms with van der Waals surface area (Å²) >= 11 is 12.3. The second-order valence-corrected chi connectivity index (χ2v) is 7.99. The third kappa shape index (κ3) is 4.81. The Balaban J connectivity index is 1.33. The average molecular weight is 428 g/mol. The third-order valence-electron chi connectivity index (χ3n) is 5.20. The van der Waals surface area contributed by atoms with E-state index in [1.54, 1.807) is 18.5 Å². The normalized spacial score (nSPS) is 15.3. The van der Waals surface area contributed by atoms with Crippen molar-refractivity contribution in [3.05, 3.63) is 76.3 Å². The molecule has 1 fully saturated rings. The minimum Gasteiger partial charge on any atom is -0.369 e. The number of piperazine rings is 1. The van der Waals surface area contributed by atoms with Crippen LogP contribution in [-0.4, -0.2) is 52.4 Å². The summed E-state index contributed by atoms with van der Waals surface area (Å²) in [5, 5.41) is 5.87. The van der Waals surface area contributed by atoms with Crippen LogP contribution < -0.4 is 4.90 Å². The number of halogens is 2. The maximum absolute atomic E-state index is 6.14. The molecule has 5 nitrogen and oxygen atoms in total. The van der Waals surface area contributed by atoms with Crippen molar-refractivity contribution in [2.45, 2.75) is 6.92 Å². The van der Waals surface area contributed by atoms with Gasteiger partial charge >= 0.3 is 0 Å². The molecule has 0 atom stereocenters. The van der Waals surface area contributed by atoms with E-state index >= 15 is 0 Å². The molecule has 1 saturated heterocycles. The molecule has 0 spiro atoms. The fourth-order valence-corrected chi connectivity index (χ4v) is 4.09. The molecule has 2 aromatic heterocycles. The molecule has 7 heteroatoms. The lowest BCUT2D eigenvalue weighted by Crippen LogP contribution is -2.46. The SMILES string of the molecule is Cc1c(C=CCN2CCN(c3cc(Cl)cc(Cl)c3)CC2)cnn1-c1ccncc1. The molecule has 29 heavy (non-hydrogen) atoms. The quantitative estimate of drug-likeness (QED) is 0.590. The van der Waals surface area contributed by atoms with Gasteiger partial charge in [-0.3, -0.25) is 9.88 Å². The van der Waals surface area contributed by atoms with Crippen molar-refractivity contribution in [3.8, 4) is 5.69 Å². The van der Waals surface area contributed by atoms with Crippen molar-refractivity contribution in [2.75, 3.05) is 37.6 Å². The van der Waals surface area contributed by atoms with Crippen molar-refractivity contribution in [3.63, 3.8) is 0 Å². The van der Waals surface area contributed by atoms with Gasteiger partial charge in [0.2, 0.25) is 0 Å². The Morgan fingerprint density at radius 2 is 1.66 bits per heavy atom. The van der Waals surface area contributed by atoms with Crippen LogP contribution in [0.3, 0.4) is 0 Å². The summed E-state index contributed by atoms with van der Waals surface area (Å²) in [6.45, 7) is 6.94. The molecule has 3 aromatic rings. The van der Waals surface area contributed by atoms with Gasteiger partial charge in [-0.1, -0.05) is 35.4 Å². The van der Waals surface area contributed by atoms with Gasteiger partial charge in [-0.05, 0) is 37.3 Å². The second-order valence-electron chi connectivity index (χ2n) is 7.12. The molecule has 0 bridgehead atoms. The van der Waals surface area contributed by atoms with E-state index in [9.17, 15) is 0 Å². The van der Waals surface area contributed by atoms with Gasteiger partial charge in [0.25, 0.3) is 0 Å². The van der Waals surface area contributed by atoms with Crippen LogP contribution in [-0.2, 0) is 0 Å². The number of benzene rings is 1. The van der Waals surface area contributed by atoms with Crippen LogP contribution in [0.15, 0.2) is 55.0 Å². The lowest BCUT2D eigenvalue weighted by Gasteiger charge is -2.35. The van der Waals surface area contributed by atoms with Crippen molar-refractivity contribution in [2.24, 2.45) is 0 Å². The molecule has 150 valence electrons. The number of hydrogen-bond acceptors (Lipinski definition) is 4. The van der Waals surface area contributed by atoms with E-state index in [2.05, 4.69) is 39.0 Å². The molecule has 3 heterocycles. The molecule has 4 rings (SSSR count). The van der Waals surface area contributed by atoms with Crippen molar-refractivity contribution in [1.82, 2.24) is 19.7 Å². The van der Waals surface area contributed by atoms with Gasteiger partial charge in [-0.25, -0.2) is 4.68 Å². The smallest absolute Gasteiger partial charge is 0.0679 e. The fourth-order valence-electron chi connectivity index (χ4n) is 3.57. The molecule has 0 radical (unpaired) electrons. The maximum Gasteiger partial charge on any atom is 0.0679 e. The standard InChI is InChI=1S/C22H23Cl2N5/c1-17-18(16-26-29(17)21-4-6-25-7-5-21)3-2-8-27-9-11-28(12-10-27)22-14-19(23)13-20(24)15-22/h2-7,13-16H,8-12H2,1H3. The largest absolute Gasteiger partial charge is 0.369 e. The highest BCUT2D eigenvalue weighted by molar-refractivity contribution is 6.35. The molecular weight excluding hydrogens is 405 g/mol. The summed E-state index contributed by atoms with van der Waals surface area (Å²) in [5.74, 6) is 0. The zero-order chi connectivity index (χ0) is 20.2. The predicted molar refractivity (Wildman–Crippen MR) is 120 cm³/mol. The summed E-state index contributed by atoms with van der Waals surface area (Å²) < 4.78 is 1.94. The van der Waals surface area contributed by atoms with Crippen molar-refractivity contribution < 1.29 is 0 Å². The third-order valence-corrected chi connectivity index (χ3v) is 5.64. The lowest BCUT2D eigenvalue weighted by atomic mass is 10.2. The van der Waals surface area contributed by atoms with E-state index in [1.807, 2.05) is 35.1 Å². The highest BCUT2D eigenvalue weighted by atomic mass is 35.5.